The van der Waals surface area contributed by atoms with Gasteiger partial charge in [-0.25, -0.2) is 0 Å². The van der Waals surface area contributed by atoms with E-state index in [1.165, 1.54) is 77.9 Å². The van der Waals surface area contributed by atoms with E-state index in [0.29, 0.717) is 0 Å². The standard InChI is InChI=1S/C74H48N4/c1-5-21-49(22-6-1)55-29-15-19-35-69(55)77(51-25-9-3-10-26-51)53-37-39-61-65(45-53)73(63-33-17-13-31-57(63)59-41-43-75-47-67(59)73)72-62-40-38-54(46-66(62)74(71(61)72)64-34-18-14-32-58(64)60-42-44-76-48-68(60)74)78(52-27-11-4-12-28-52)70-36-20-16-30-56(70)50-23-7-2-8-24-50/h1-48H. The summed E-state index contributed by atoms with van der Waals surface area (Å²) in [4.78, 5) is 15.0. The van der Waals surface area contributed by atoms with E-state index in [0.717, 1.165) is 56.4 Å². The van der Waals surface area contributed by atoms with E-state index < -0.39 is 10.8 Å². The van der Waals surface area contributed by atoms with E-state index in [2.05, 4.69) is 289 Å². The van der Waals surface area contributed by atoms with E-state index in [1.54, 1.807) is 0 Å². The lowest BCUT2D eigenvalue weighted by Gasteiger charge is -2.36. The predicted molar refractivity (Wildman–Crippen MR) is 319 cm³/mol. The Labute approximate surface area is 454 Å². The summed E-state index contributed by atoms with van der Waals surface area (Å²) in [5, 5.41) is 0. The summed E-state index contributed by atoms with van der Waals surface area (Å²) >= 11 is 0. The molecule has 0 amide bonds. The highest BCUT2D eigenvalue weighted by molar-refractivity contribution is 6.20. The zero-order valence-electron chi connectivity index (χ0n) is 42.5. The molecule has 2 heterocycles. The second-order valence-corrected chi connectivity index (χ2v) is 20.8. The summed E-state index contributed by atoms with van der Waals surface area (Å²) in [5.74, 6) is 0. The molecule has 0 aliphatic heterocycles. The van der Waals surface area contributed by atoms with Gasteiger partial charge in [0.05, 0.1) is 22.2 Å². The number of hydrogen-bond donors (Lipinski definition) is 0. The number of aromatic nitrogens is 2. The van der Waals surface area contributed by atoms with Crippen molar-refractivity contribution in [2.24, 2.45) is 0 Å². The predicted octanol–water partition coefficient (Wildman–Crippen LogP) is 18.3. The lowest BCUT2D eigenvalue weighted by Crippen LogP contribution is -2.29. The third kappa shape index (κ3) is 6.05. The molecule has 10 aromatic carbocycles. The Morgan fingerprint density at radius 2 is 0.590 bits per heavy atom. The van der Waals surface area contributed by atoms with Crippen molar-refractivity contribution >= 4 is 45.3 Å². The SMILES string of the molecule is c1ccc(-c2ccccc2N(c2ccccc2)c2ccc3c(c2)C2(C4=C3C3(c5cc(N(c6ccccc6)c6ccccc6-c6ccccc6)ccc54)c4ccccc4-c4ccncc43)c3ccccc3-c3ccncc32)cc1. The zero-order valence-corrected chi connectivity index (χ0v) is 42.5. The van der Waals surface area contributed by atoms with Crippen LogP contribution in [0.15, 0.2) is 292 Å². The quantitative estimate of drug-likeness (QED) is 0.152. The Hall–Kier alpha value is -10.2. The molecular weight excluding hydrogens is 945 g/mol. The Balaban J connectivity index is 1.02. The molecule has 2 aromatic heterocycles. The number of nitrogens with zero attached hydrogens (tertiary/aromatic N) is 4. The summed E-state index contributed by atoms with van der Waals surface area (Å²) in [6.45, 7) is 0. The summed E-state index contributed by atoms with van der Waals surface area (Å²) in [5.41, 5.74) is 27.0. The zero-order chi connectivity index (χ0) is 51.4. The second kappa shape index (κ2) is 17.2. The van der Waals surface area contributed by atoms with Crippen molar-refractivity contribution in [3.8, 4) is 44.5 Å². The Bertz CT molecular complexity index is 4020. The van der Waals surface area contributed by atoms with Gasteiger partial charge in [0, 0.05) is 58.7 Å². The molecule has 2 spiro atoms. The smallest absolute Gasteiger partial charge is 0.0744 e. The number of rotatable bonds is 8. The van der Waals surface area contributed by atoms with Crippen LogP contribution in [-0.2, 0) is 10.8 Å². The monoisotopic (exact) mass is 992 g/mol. The normalized spacial score (nSPS) is 16.5. The molecule has 0 saturated carbocycles. The number of pyridine rings is 2. The van der Waals surface area contributed by atoms with Gasteiger partial charge in [-0.15, -0.1) is 0 Å². The first-order chi connectivity index (χ1) is 38.7. The average Bonchev–Trinajstić information content (AvgIpc) is 2.18. The van der Waals surface area contributed by atoms with Gasteiger partial charge in [-0.2, -0.15) is 0 Å². The minimum absolute atomic E-state index is 0.763. The van der Waals surface area contributed by atoms with Gasteiger partial charge < -0.3 is 9.80 Å². The molecule has 0 fully saturated rings. The van der Waals surface area contributed by atoms with Gasteiger partial charge >= 0.3 is 0 Å². The molecule has 0 N–H and O–H groups in total. The summed E-state index contributed by atoms with van der Waals surface area (Å²) in [7, 11) is 0. The number of anilines is 6. The van der Waals surface area contributed by atoms with Crippen LogP contribution in [0.25, 0.3) is 55.7 Å². The van der Waals surface area contributed by atoms with Crippen molar-refractivity contribution in [1.29, 1.82) is 0 Å². The number of benzene rings is 10. The maximum Gasteiger partial charge on any atom is 0.0744 e. The summed E-state index contributed by atoms with van der Waals surface area (Å²) in [6, 6.07) is 98.3. The van der Waals surface area contributed by atoms with Crippen molar-refractivity contribution in [3.05, 3.63) is 336 Å². The van der Waals surface area contributed by atoms with Gasteiger partial charge in [0.2, 0.25) is 0 Å². The molecule has 78 heavy (non-hydrogen) atoms. The van der Waals surface area contributed by atoms with Crippen LogP contribution in [0.4, 0.5) is 34.1 Å². The molecule has 2 atom stereocenters. The van der Waals surface area contributed by atoms with Crippen LogP contribution < -0.4 is 9.80 Å². The van der Waals surface area contributed by atoms with Crippen LogP contribution in [0.2, 0.25) is 0 Å². The summed E-state index contributed by atoms with van der Waals surface area (Å²) < 4.78 is 0. The van der Waals surface area contributed by atoms with E-state index >= 15 is 0 Å². The highest BCUT2D eigenvalue weighted by Crippen LogP contribution is 2.75. The maximum atomic E-state index is 5.05. The van der Waals surface area contributed by atoms with Crippen LogP contribution in [0.3, 0.4) is 0 Å². The van der Waals surface area contributed by atoms with E-state index in [1.807, 2.05) is 12.4 Å². The number of hydrogen-bond acceptors (Lipinski definition) is 4. The largest absolute Gasteiger partial charge is 0.310 e. The number of para-hydroxylation sites is 4. The lowest BCUT2D eigenvalue weighted by atomic mass is 9.66. The first-order valence-electron chi connectivity index (χ1n) is 26.9. The van der Waals surface area contributed by atoms with Crippen LogP contribution in [0.1, 0.15) is 44.5 Å². The fourth-order valence-electron chi connectivity index (χ4n) is 14.1. The van der Waals surface area contributed by atoms with E-state index in [9.17, 15) is 0 Å². The van der Waals surface area contributed by atoms with Gasteiger partial charge in [0.15, 0.2) is 0 Å². The molecule has 0 radical (unpaired) electrons. The van der Waals surface area contributed by atoms with Crippen molar-refractivity contribution in [2.75, 3.05) is 9.80 Å². The molecule has 16 rings (SSSR count). The van der Waals surface area contributed by atoms with Gasteiger partial charge in [0.1, 0.15) is 0 Å². The molecule has 4 aliphatic carbocycles. The third-order valence-electron chi connectivity index (χ3n) is 17.1. The van der Waals surface area contributed by atoms with Crippen LogP contribution in [0.5, 0.6) is 0 Å². The minimum atomic E-state index is -0.763. The molecule has 0 saturated heterocycles. The number of allylic oxidation sites excluding steroid dienone is 2. The fourth-order valence-corrected chi connectivity index (χ4v) is 14.1. The van der Waals surface area contributed by atoms with Crippen molar-refractivity contribution in [1.82, 2.24) is 9.97 Å². The van der Waals surface area contributed by atoms with Gasteiger partial charge in [-0.1, -0.05) is 194 Å². The first kappa shape index (κ1) is 44.2. The lowest BCUT2D eigenvalue weighted by molar-refractivity contribution is 0.820. The Morgan fingerprint density at radius 1 is 0.244 bits per heavy atom. The van der Waals surface area contributed by atoms with Gasteiger partial charge in [-0.3, -0.25) is 9.97 Å². The van der Waals surface area contributed by atoms with Crippen LogP contribution in [0, 0.1) is 0 Å². The van der Waals surface area contributed by atoms with Crippen LogP contribution in [-0.4, -0.2) is 9.97 Å². The fraction of sp³-hybridized carbons (Fsp3) is 0.0270. The van der Waals surface area contributed by atoms with E-state index in [4.69, 9.17) is 9.97 Å². The van der Waals surface area contributed by atoms with Crippen molar-refractivity contribution in [2.45, 2.75) is 10.8 Å². The molecule has 364 valence electrons. The first-order valence-corrected chi connectivity index (χ1v) is 26.9. The Morgan fingerprint density at radius 3 is 1.01 bits per heavy atom. The van der Waals surface area contributed by atoms with E-state index in [-0.39, 0.29) is 0 Å². The Kier molecular flexibility index (Phi) is 9.73. The maximum absolute atomic E-state index is 5.05. The molecule has 4 aliphatic rings. The molecule has 12 aromatic rings. The second-order valence-electron chi connectivity index (χ2n) is 20.8. The highest BCUT2D eigenvalue weighted by Gasteiger charge is 2.64. The molecule has 4 nitrogen and oxygen atoms in total. The topological polar surface area (TPSA) is 32.3 Å². The molecule has 4 heteroatoms. The minimum Gasteiger partial charge on any atom is -0.310 e. The van der Waals surface area contributed by atoms with Crippen molar-refractivity contribution < 1.29 is 0 Å². The van der Waals surface area contributed by atoms with Crippen LogP contribution >= 0.6 is 0 Å². The van der Waals surface area contributed by atoms with Gasteiger partial charge in [0.25, 0.3) is 0 Å². The summed E-state index contributed by atoms with van der Waals surface area (Å²) in [6.07, 6.45) is 8.25. The van der Waals surface area contributed by atoms with Gasteiger partial charge in [-0.05, 0) is 162 Å². The van der Waals surface area contributed by atoms with Crippen molar-refractivity contribution in [3.63, 3.8) is 0 Å². The third-order valence-corrected chi connectivity index (χ3v) is 17.1. The average molecular weight is 993 g/mol. The number of fused-ring (bicyclic) bond motifs is 18. The highest BCUT2D eigenvalue weighted by atomic mass is 15.2. The molecule has 0 bridgehead atoms. The molecule has 2 unspecified atom stereocenters. The molecular formula is C74H48N4.